The molecule has 7 nitrogen and oxygen atoms in total. The van der Waals surface area contributed by atoms with Gasteiger partial charge in [0.05, 0.1) is 0 Å². The van der Waals surface area contributed by atoms with Crippen LogP contribution in [0.15, 0.2) is 0 Å². The molecule has 22 heavy (non-hydrogen) atoms. The van der Waals surface area contributed by atoms with Gasteiger partial charge in [0.25, 0.3) is 0 Å². The number of likely N-dealkylation sites (N-methyl/N-ethyl adjacent to an activating group) is 2. The highest BCUT2D eigenvalue weighted by Crippen LogP contribution is 2.23. The summed E-state index contributed by atoms with van der Waals surface area (Å²) in [4.78, 5) is 23.0. The minimum atomic E-state index is -0.809. The Balaban J connectivity index is 0.000000409. The molecule has 130 valence electrons. The molecular formula is C15H31N3O4. The molecule has 1 rings (SSSR count). The largest absolute Gasteiger partial charge is 0.480 e. The molecule has 1 fully saturated rings. The summed E-state index contributed by atoms with van der Waals surface area (Å²) in [6, 6.07) is -0.284. The van der Waals surface area contributed by atoms with Gasteiger partial charge in [0, 0.05) is 6.04 Å². The molecule has 0 aromatic rings. The summed E-state index contributed by atoms with van der Waals surface area (Å²) in [5.41, 5.74) is 5.21. The highest BCUT2D eigenvalue weighted by atomic mass is 16.4. The zero-order valence-electron chi connectivity index (χ0n) is 13.9. The highest BCUT2D eigenvalue weighted by molar-refractivity contribution is 5.73. The van der Waals surface area contributed by atoms with Crippen LogP contribution in [-0.2, 0) is 9.59 Å². The zero-order valence-corrected chi connectivity index (χ0v) is 13.9. The number of nitrogens with one attached hydrogen (secondary N) is 1. The van der Waals surface area contributed by atoms with Crippen LogP contribution in [0, 0.1) is 0 Å². The molecule has 0 bridgehead atoms. The first-order valence-corrected chi connectivity index (χ1v) is 7.90. The molecular weight excluding hydrogens is 286 g/mol. The molecule has 0 amide bonds. The van der Waals surface area contributed by atoms with Gasteiger partial charge in [-0.2, -0.15) is 0 Å². The van der Waals surface area contributed by atoms with E-state index in [1.165, 1.54) is 12.8 Å². The Morgan fingerprint density at radius 2 is 1.82 bits per heavy atom. The van der Waals surface area contributed by atoms with Gasteiger partial charge in [-0.25, -0.2) is 0 Å². The predicted octanol–water partition coefficient (Wildman–Crippen LogP) is 0.732. The van der Waals surface area contributed by atoms with Crippen LogP contribution in [0.1, 0.15) is 45.4 Å². The zero-order chi connectivity index (χ0) is 17.1. The molecule has 0 unspecified atom stereocenters. The Morgan fingerprint density at radius 3 is 2.18 bits per heavy atom. The maximum atomic E-state index is 10.7. The van der Waals surface area contributed by atoms with E-state index in [9.17, 15) is 9.59 Å². The van der Waals surface area contributed by atoms with Crippen molar-refractivity contribution in [1.82, 2.24) is 10.2 Å². The molecule has 1 aliphatic carbocycles. The van der Waals surface area contributed by atoms with Crippen LogP contribution in [0.5, 0.6) is 0 Å². The molecule has 5 N–H and O–H groups in total. The lowest BCUT2D eigenvalue weighted by Gasteiger charge is -2.27. The predicted molar refractivity (Wildman–Crippen MR) is 85.9 cm³/mol. The van der Waals surface area contributed by atoms with Crippen molar-refractivity contribution < 1.29 is 19.8 Å². The standard InChI is InChI=1S/C9H17NO2.C6H14N2O2/c1-7(9(11)12)10(2)8-5-3-4-6-8;1-8-5(6(9)10)3-2-4-7/h7-8H,3-6H2,1-2H3,(H,11,12);5,8H,2-4,7H2,1H3,(H,9,10)/t7-;5-/m00/s1. The molecule has 0 heterocycles. The molecule has 1 aliphatic rings. The van der Waals surface area contributed by atoms with Gasteiger partial charge in [0.15, 0.2) is 0 Å². The summed E-state index contributed by atoms with van der Waals surface area (Å²) in [7, 11) is 3.55. The first kappa shape index (κ1) is 20.8. The fourth-order valence-corrected chi connectivity index (χ4v) is 2.52. The molecule has 0 radical (unpaired) electrons. The lowest BCUT2D eigenvalue weighted by molar-refractivity contribution is -0.143. The third-order valence-corrected chi connectivity index (χ3v) is 4.21. The van der Waals surface area contributed by atoms with Crippen molar-refractivity contribution in [2.45, 2.75) is 63.6 Å². The second-order valence-electron chi connectivity index (χ2n) is 5.73. The molecule has 0 aromatic heterocycles. The monoisotopic (exact) mass is 317 g/mol. The minimum absolute atomic E-state index is 0.340. The SMILES string of the molecule is CN[C@@H](CCCN)C(=O)O.C[C@@H](C(=O)O)N(C)C1CCCC1. The van der Waals surface area contributed by atoms with Crippen LogP contribution in [0.2, 0.25) is 0 Å². The smallest absolute Gasteiger partial charge is 0.320 e. The van der Waals surface area contributed by atoms with E-state index in [2.05, 4.69) is 5.32 Å². The van der Waals surface area contributed by atoms with Gasteiger partial charge in [-0.3, -0.25) is 14.5 Å². The maximum absolute atomic E-state index is 10.7. The van der Waals surface area contributed by atoms with Crippen LogP contribution in [0.25, 0.3) is 0 Å². The van der Waals surface area contributed by atoms with Crippen molar-refractivity contribution in [3.8, 4) is 0 Å². The van der Waals surface area contributed by atoms with Crippen LogP contribution < -0.4 is 11.1 Å². The Bertz CT molecular complexity index is 333. The maximum Gasteiger partial charge on any atom is 0.320 e. The van der Waals surface area contributed by atoms with Crippen molar-refractivity contribution in [1.29, 1.82) is 0 Å². The number of aliphatic carboxylic acids is 2. The van der Waals surface area contributed by atoms with Crippen LogP contribution in [-0.4, -0.2) is 65.8 Å². The number of rotatable bonds is 8. The summed E-state index contributed by atoms with van der Waals surface area (Å²) in [6.07, 6.45) is 6.17. The van der Waals surface area contributed by atoms with Crippen molar-refractivity contribution in [2.24, 2.45) is 5.73 Å². The fraction of sp³-hybridized carbons (Fsp3) is 0.867. The summed E-state index contributed by atoms with van der Waals surface area (Å²) < 4.78 is 0. The van der Waals surface area contributed by atoms with Gasteiger partial charge in [-0.1, -0.05) is 12.8 Å². The normalized spacial score (nSPS) is 17.7. The first-order valence-electron chi connectivity index (χ1n) is 7.90. The molecule has 0 spiro atoms. The van der Waals surface area contributed by atoms with E-state index in [1.807, 2.05) is 11.9 Å². The van der Waals surface area contributed by atoms with Crippen molar-refractivity contribution in [3.05, 3.63) is 0 Å². The van der Waals surface area contributed by atoms with Gasteiger partial charge < -0.3 is 21.3 Å². The molecule has 0 aliphatic heterocycles. The van der Waals surface area contributed by atoms with Crippen molar-refractivity contribution in [3.63, 3.8) is 0 Å². The molecule has 7 heteroatoms. The lowest BCUT2D eigenvalue weighted by Crippen LogP contribution is -2.41. The van der Waals surface area contributed by atoms with Gasteiger partial charge >= 0.3 is 11.9 Å². The Morgan fingerprint density at radius 1 is 1.27 bits per heavy atom. The van der Waals surface area contributed by atoms with Crippen molar-refractivity contribution in [2.75, 3.05) is 20.6 Å². The minimum Gasteiger partial charge on any atom is -0.480 e. The van der Waals surface area contributed by atoms with Crippen LogP contribution in [0.3, 0.4) is 0 Å². The first-order chi connectivity index (χ1) is 10.3. The van der Waals surface area contributed by atoms with E-state index >= 15 is 0 Å². The van der Waals surface area contributed by atoms with E-state index in [4.69, 9.17) is 15.9 Å². The van der Waals surface area contributed by atoms with E-state index in [0.29, 0.717) is 19.0 Å². The van der Waals surface area contributed by atoms with Crippen molar-refractivity contribution >= 4 is 11.9 Å². The molecule has 2 atom stereocenters. The number of hydrogen-bond donors (Lipinski definition) is 4. The number of carboxylic acid groups (broad SMARTS) is 2. The molecule has 1 saturated carbocycles. The van der Waals surface area contributed by atoms with Gasteiger partial charge in [-0.15, -0.1) is 0 Å². The average Bonchev–Trinajstić information content (AvgIpc) is 3.01. The van der Waals surface area contributed by atoms with Crippen LogP contribution >= 0.6 is 0 Å². The number of carbonyl (C=O) groups is 2. The third kappa shape index (κ3) is 7.72. The number of nitrogens with zero attached hydrogens (tertiary/aromatic N) is 1. The van der Waals surface area contributed by atoms with E-state index in [1.54, 1.807) is 14.0 Å². The summed E-state index contributed by atoms with van der Waals surface area (Å²) >= 11 is 0. The Kier molecular flexibility index (Phi) is 10.8. The Hall–Kier alpha value is -1.18. The topological polar surface area (TPSA) is 116 Å². The molecule has 0 saturated heterocycles. The number of nitrogens with two attached hydrogens (primary N) is 1. The second-order valence-corrected chi connectivity index (χ2v) is 5.73. The van der Waals surface area contributed by atoms with E-state index < -0.39 is 18.0 Å². The van der Waals surface area contributed by atoms with Gasteiger partial charge in [0.2, 0.25) is 0 Å². The summed E-state index contributed by atoms with van der Waals surface area (Å²) in [5.74, 6) is -1.53. The average molecular weight is 317 g/mol. The highest BCUT2D eigenvalue weighted by Gasteiger charge is 2.26. The quantitative estimate of drug-likeness (QED) is 0.521. The van der Waals surface area contributed by atoms with E-state index in [0.717, 1.165) is 19.3 Å². The third-order valence-electron chi connectivity index (χ3n) is 4.21. The number of hydrogen-bond acceptors (Lipinski definition) is 5. The fourth-order valence-electron chi connectivity index (χ4n) is 2.52. The van der Waals surface area contributed by atoms with Gasteiger partial charge in [-0.05, 0) is 53.2 Å². The Labute approximate surface area is 132 Å². The second kappa shape index (κ2) is 11.4. The summed E-state index contributed by atoms with van der Waals surface area (Å²) in [6.45, 7) is 2.30. The summed E-state index contributed by atoms with van der Waals surface area (Å²) in [5, 5.41) is 19.9. The van der Waals surface area contributed by atoms with E-state index in [-0.39, 0.29) is 6.04 Å². The molecule has 0 aromatic carbocycles. The van der Waals surface area contributed by atoms with Crippen LogP contribution in [0.4, 0.5) is 0 Å². The number of carboxylic acids is 2. The van der Waals surface area contributed by atoms with Gasteiger partial charge in [0.1, 0.15) is 12.1 Å². The lowest BCUT2D eigenvalue weighted by atomic mass is 10.1.